The molecule has 0 saturated heterocycles. The van der Waals surface area contributed by atoms with Crippen LogP contribution in [0, 0.1) is 0 Å². The first-order valence-corrected chi connectivity index (χ1v) is 10.1. The van der Waals surface area contributed by atoms with E-state index >= 15 is 0 Å². The topological polar surface area (TPSA) is 80.0 Å². The molecule has 0 spiro atoms. The van der Waals surface area contributed by atoms with Gasteiger partial charge in [0.2, 0.25) is 5.91 Å². The Bertz CT molecular complexity index is 664. The second-order valence-electron chi connectivity index (χ2n) is 5.89. The fraction of sp³-hybridized carbons (Fsp3) is 0.562. The van der Waals surface area contributed by atoms with Crippen LogP contribution in [0.4, 0.5) is 0 Å². The predicted molar refractivity (Wildman–Crippen MR) is 96.1 cm³/mol. The number of aliphatic hydroxyl groups excluding tert-OH is 1. The predicted octanol–water partition coefficient (Wildman–Crippen LogP) is 2.54. The molecule has 0 aromatic carbocycles. The highest BCUT2D eigenvalue weighted by atomic mass is 32.2. The average Bonchev–Trinajstić information content (AvgIpc) is 3.23. The summed E-state index contributed by atoms with van der Waals surface area (Å²) >= 11 is 3.05. The maximum atomic E-state index is 12.2. The standard InChI is InChI=1S/C16H22N4O2S2/c1-2-20-15(13-4-3-9-23-13)18-19-16(20)24-10-14(22)17-11-5-7-12(21)8-6-11/h3-4,9,11-12,21H,2,5-8,10H2,1H3,(H,17,22). The zero-order valence-corrected chi connectivity index (χ0v) is 15.3. The summed E-state index contributed by atoms with van der Waals surface area (Å²) in [7, 11) is 0. The largest absolute Gasteiger partial charge is 0.393 e. The van der Waals surface area contributed by atoms with Crippen molar-refractivity contribution in [3.8, 4) is 10.7 Å². The Labute approximate surface area is 149 Å². The van der Waals surface area contributed by atoms with Crippen molar-refractivity contribution in [2.45, 2.75) is 56.5 Å². The number of nitrogens with one attached hydrogen (secondary N) is 1. The number of hydrogen-bond donors (Lipinski definition) is 2. The first-order chi connectivity index (χ1) is 11.7. The molecule has 1 aliphatic carbocycles. The van der Waals surface area contributed by atoms with Crippen LogP contribution in [0.3, 0.4) is 0 Å². The summed E-state index contributed by atoms with van der Waals surface area (Å²) in [6.45, 7) is 2.82. The minimum Gasteiger partial charge on any atom is -0.393 e. The average molecular weight is 367 g/mol. The number of rotatable bonds is 6. The molecule has 0 radical (unpaired) electrons. The number of thiophene rings is 1. The van der Waals surface area contributed by atoms with Gasteiger partial charge >= 0.3 is 0 Å². The van der Waals surface area contributed by atoms with Crippen molar-refractivity contribution in [2.24, 2.45) is 0 Å². The zero-order chi connectivity index (χ0) is 16.9. The van der Waals surface area contributed by atoms with E-state index in [1.165, 1.54) is 11.8 Å². The van der Waals surface area contributed by atoms with E-state index in [1.807, 2.05) is 22.1 Å². The van der Waals surface area contributed by atoms with Crippen molar-refractivity contribution < 1.29 is 9.90 Å². The van der Waals surface area contributed by atoms with Crippen molar-refractivity contribution in [3.05, 3.63) is 17.5 Å². The van der Waals surface area contributed by atoms with Gasteiger partial charge in [-0.05, 0) is 44.1 Å². The van der Waals surface area contributed by atoms with Crippen LogP contribution in [0.25, 0.3) is 10.7 Å². The molecule has 0 unspecified atom stereocenters. The molecule has 2 N–H and O–H groups in total. The van der Waals surface area contributed by atoms with Crippen LogP contribution in [0.15, 0.2) is 22.7 Å². The molecule has 6 nitrogen and oxygen atoms in total. The van der Waals surface area contributed by atoms with Gasteiger partial charge in [0, 0.05) is 12.6 Å². The van der Waals surface area contributed by atoms with Crippen LogP contribution in [-0.2, 0) is 11.3 Å². The number of aromatic nitrogens is 3. The van der Waals surface area contributed by atoms with Crippen molar-refractivity contribution in [1.29, 1.82) is 0 Å². The third-order valence-electron chi connectivity index (χ3n) is 4.17. The summed E-state index contributed by atoms with van der Waals surface area (Å²) in [4.78, 5) is 13.2. The van der Waals surface area contributed by atoms with Gasteiger partial charge in [-0.2, -0.15) is 0 Å². The van der Waals surface area contributed by atoms with E-state index in [-0.39, 0.29) is 18.1 Å². The van der Waals surface area contributed by atoms with Gasteiger partial charge in [-0.15, -0.1) is 21.5 Å². The highest BCUT2D eigenvalue weighted by Gasteiger charge is 2.21. The number of carbonyl (C=O) groups is 1. The highest BCUT2D eigenvalue weighted by molar-refractivity contribution is 7.99. The van der Waals surface area contributed by atoms with Gasteiger partial charge in [-0.3, -0.25) is 4.79 Å². The molecule has 2 heterocycles. The number of amides is 1. The lowest BCUT2D eigenvalue weighted by molar-refractivity contribution is -0.119. The maximum absolute atomic E-state index is 12.2. The summed E-state index contributed by atoms with van der Waals surface area (Å²) in [6, 6.07) is 4.21. The Balaban J connectivity index is 1.55. The number of hydrogen-bond acceptors (Lipinski definition) is 6. The third kappa shape index (κ3) is 4.17. The second-order valence-corrected chi connectivity index (χ2v) is 7.78. The summed E-state index contributed by atoms with van der Waals surface area (Å²) in [5.74, 6) is 1.21. The van der Waals surface area contributed by atoms with E-state index in [1.54, 1.807) is 11.3 Å². The van der Waals surface area contributed by atoms with E-state index in [9.17, 15) is 9.90 Å². The molecule has 1 fully saturated rings. The van der Waals surface area contributed by atoms with Crippen LogP contribution in [0.2, 0.25) is 0 Å². The fourth-order valence-electron chi connectivity index (χ4n) is 2.89. The Morgan fingerprint density at radius 3 is 2.88 bits per heavy atom. The first kappa shape index (κ1) is 17.4. The van der Waals surface area contributed by atoms with E-state index in [0.29, 0.717) is 5.75 Å². The second kappa shape index (κ2) is 8.13. The van der Waals surface area contributed by atoms with E-state index in [0.717, 1.165) is 48.1 Å². The van der Waals surface area contributed by atoms with Gasteiger partial charge in [-0.1, -0.05) is 17.8 Å². The van der Waals surface area contributed by atoms with Crippen LogP contribution in [0.1, 0.15) is 32.6 Å². The molecule has 0 bridgehead atoms. The van der Waals surface area contributed by atoms with E-state index in [2.05, 4.69) is 22.4 Å². The van der Waals surface area contributed by atoms with Crippen molar-refractivity contribution in [2.75, 3.05) is 5.75 Å². The van der Waals surface area contributed by atoms with Crippen LogP contribution >= 0.6 is 23.1 Å². The quantitative estimate of drug-likeness (QED) is 0.768. The Hall–Kier alpha value is -1.38. The molecular formula is C16H22N4O2S2. The molecular weight excluding hydrogens is 344 g/mol. The molecule has 8 heteroatoms. The summed E-state index contributed by atoms with van der Waals surface area (Å²) in [5, 5.41) is 23.9. The Morgan fingerprint density at radius 1 is 1.42 bits per heavy atom. The molecule has 3 rings (SSSR count). The van der Waals surface area contributed by atoms with Gasteiger partial charge in [0.25, 0.3) is 0 Å². The molecule has 24 heavy (non-hydrogen) atoms. The van der Waals surface area contributed by atoms with Crippen molar-refractivity contribution >= 4 is 29.0 Å². The lowest BCUT2D eigenvalue weighted by atomic mass is 9.93. The summed E-state index contributed by atoms with van der Waals surface area (Å²) < 4.78 is 2.04. The minimum absolute atomic E-state index is 0.0183. The Morgan fingerprint density at radius 2 is 2.21 bits per heavy atom. The molecule has 130 valence electrons. The van der Waals surface area contributed by atoms with Gasteiger partial charge in [0.05, 0.1) is 16.7 Å². The zero-order valence-electron chi connectivity index (χ0n) is 13.6. The normalized spacial score (nSPS) is 20.9. The lowest BCUT2D eigenvalue weighted by Gasteiger charge is -2.26. The first-order valence-electron chi connectivity index (χ1n) is 8.24. The third-order valence-corrected chi connectivity index (χ3v) is 6.00. The molecule has 0 atom stereocenters. The summed E-state index contributed by atoms with van der Waals surface area (Å²) in [6.07, 6.45) is 3.04. The summed E-state index contributed by atoms with van der Waals surface area (Å²) in [5.41, 5.74) is 0. The SMILES string of the molecule is CCn1c(SCC(=O)NC2CCC(O)CC2)nnc1-c1cccs1. The van der Waals surface area contributed by atoms with Gasteiger partial charge < -0.3 is 15.0 Å². The number of nitrogens with zero attached hydrogens (tertiary/aromatic N) is 3. The van der Waals surface area contributed by atoms with Gasteiger partial charge in [0.15, 0.2) is 11.0 Å². The van der Waals surface area contributed by atoms with Gasteiger partial charge in [0.1, 0.15) is 0 Å². The Kier molecular flexibility index (Phi) is 5.91. The number of aliphatic hydroxyl groups is 1. The van der Waals surface area contributed by atoms with Crippen molar-refractivity contribution in [3.63, 3.8) is 0 Å². The smallest absolute Gasteiger partial charge is 0.230 e. The number of carbonyl (C=O) groups excluding carboxylic acids is 1. The fourth-order valence-corrected chi connectivity index (χ4v) is 4.42. The number of thioether (sulfide) groups is 1. The van der Waals surface area contributed by atoms with Crippen LogP contribution in [0.5, 0.6) is 0 Å². The molecule has 1 saturated carbocycles. The van der Waals surface area contributed by atoms with E-state index < -0.39 is 0 Å². The van der Waals surface area contributed by atoms with E-state index in [4.69, 9.17) is 0 Å². The van der Waals surface area contributed by atoms with Gasteiger partial charge in [-0.25, -0.2) is 0 Å². The monoisotopic (exact) mass is 366 g/mol. The molecule has 0 aliphatic heterocycles. The highest BCUT2D eigenvalue weighted by Crippen LogP contribution is 2.27. The molecule has 2 aromatic rings. The molecule has 1 aliphatic rings. The maximum Gasteiger partial charge on any atom is 0.230 e. The lowest BCUT2D eigenvalue weighted by Crippen LogP contribution is -2.39. The van der Waals surface area contributed by atoms with Crippen LogP contribution < -0.4 is 5.32 Å². The minimum atomic E-state index is -0.202. The van der Waals surface area contributed by atoms with Crippen molar-refractivity contribution in [1.82, 2.24) is 20.1 Å². The molecule has 2 aromatic heterocycles. The van der Waals surface area contributed by atoms with Crippen LogP contribution in [-0.4, -0.2) is 43.7 Å². The molecule has 1 amide bonds.